The zero-order valence-corrected chi connectivity index (χ0v) is 7.34. The van der Waals surface area contributed by atoms with Crippen LogP contribution in [0.4, 0.5) is 0 Å². The van der Waals surface area contributed by atoms with Gasteiger partial charge in [-0.2, -0.15) is 0 Å². The van der Waals surface area contributed by atoms with E-state index in [4.69, 9.17) is 11.5 Å². The van der Waals surface area contributed by atoms with E-state index in [1.165, 1.54) is 0 Å². The van der Waals surface area contributed by atoms with E-state index in [1.54, 1.807) is 0 Å². The maximum absolute atomic E-state index is 10.6. The third-order valence-corrected chi connectivity index (χ3v) is 1.78. The van der Waals surface area contributed by atoms with Crippen LogP contribution in [0.15, 0.2) is 0 Å². The van der Waals surface area contributed by atoms with Gasteiger partial charge in [0.1, 0.15) is 0 Å². The lowest BCUT2D eigenvalue weighted by Crippen LogP contribution is -2.21. The number of hydrogen-bond donors (Lipinski definition) is 2. The predicted molar refractivity (Wildman–Crippen MR) is 45.9 cm³/mol. The van der Waals surface area contributed by atoms with Gasteiger partial charge < -0.3 is 11.5 Å². The van der Waals surface area contributed by atoms with Gasteiger partial charge in [0.25, 0.3) is 0 Å². The van der Waals surface area contributed by atoms with Crippen molar-refractivity contribution in [3.8, 4) is 0 Å². The van der Waals surface area contributed by atoms with Crippen molar-refractivity contribution < 1.29 is 4.79 Å². The average Bonchev–Trinajstić information content (AvgIpc) is 1.86. The van der Waals surface area contributed by atoms with Gasteiger partial charge in [0, 0.05) is 12.0 Å². The molecule has 0 aromatic heterocycles. The van der Waals surface area contributed by atoms with Crippen LogP contribution in [0.2, 0.25) is 0 Å². The van der Waals surface area contributed by atoms with Crippen LogP contribution in [0.25, 0.3) is 0 Å². The van der Waals surface area contributed by atoms with E-state index in [0.717, 1.165) is 19.3 Å². The minimum Gasteiger partial charge on any atom is -0.369 e. The number of hydrogen-bond acceptors (Lipinski definition) is 2. The quantitative estimate of drug-likeness (QED) is 0.616. The molecule has 0 aliphatic heterocycles. The molecule has 0 aliphatic rings. The minimum atomic E-state index is -0.213. The van der Waals surface area contributed by atoms with E-state index in [1.807, 2.05) is 13.8 Å². The van der Waals surface area contributed by atoms with Gasteiger partial charge >= 0.3 is 0 Å². The third-order valence-electron chi connectivity index (χ3n) is 1.78. The Bertz CT molecular complexity index is 123. The van der Waals surface area contributed by atoms with Crippen LogP contribution in [-0.2, 0) is 4.79 Å². The zero-order valence-electron chi connectivity index (χ0n) is 7.34. The monoisotopic (exact) mass is 158 g/mol. The molecule has 66 valence electrons. The summed E-state index contributed by atoms with van der Waals surface area (Å²) < 4.78 is 0. The molecule has 0 heterocycles. The molecular formula is C8H18N2O. The first-order valence-electron chi connectivity index (χ1n) is 4.09. The highest BCUT2D eigenvalue weighted by molar-refractivity contribution is 5.76. The third kappa shape index (κ3) is 5.85. The summed E-state index contributed by atoms with van der Waals surface area (Å²) in [5.74, 6) is -0.219. The fourth-order valence-corrected chi connectivity index (χ4v) is 0.888. The Morgan fingerprint density at radius 3 is 2.27 bits per heavy atom. The average molecular weight is 158 g/mol. The second kappa shape index (κ2) is 5.13. The molecule has 0 aliphatic carbocycles. The van der Waals surface area contributed by atoms with Crippen LogP contribution in [0, 0.1) is 5.92 Å². The minimum absolute atomic E-state index is 0.00579. The molecule has 1 amide bonds. The zero-order chi connectivity index (χ0) is 8.85. The molecule has 0 saturated heterocycles. The van der Waals surface area contributed by atoms with E-state index in [-0.39, 0.29) is 17.9 Å². The van der Waals surface area contributed by atoms with Gasteiger partial charge in [-0.25, -0.2) is 0 Å². The van der Waals surface area contributed by atoms with Crippen molar-refractivity contribution in [3.63, 3.8) is 0 Å². The first-order valence-corrected chi connectivity index (χ1v) is 4.09. The first-order chi connectivity index (χ1) is 5.04. The van der Waals surface area contributed by atoms with Crippen molar-refractivity contribution in [1.82, 2.24) is 0 Å². The largest absolute Gasteiger partial charge is 0.369 e. The molecule has 0 rings (SSSR count). The Morgan fingerprint density at radius 2 is 1.91 bits per heavy atom. The van der Waals surface area contributed by atoms with E-state index in [9.17, 15) is 4.79 Å². The van der Waals surface area contributed by atoms with Crippen molar-refractivity contribution in [2.24, 2.45) is 17.4 Å². The van der Waals surface area contributed by atoms with Crippen molar-refractivity contribution in [3.05, 3.63) is 0 Å². The lowest BCUT2D eigenvalue weighted by Gasteiger charge is -2.07. The van der Waals surface area contributed by atoms with Crippen molar-refractivity contribution in [2.75, 3.05) is 0 Å². The van der Waals surface area contributed by atoms with Gasteiger partial charge in [-0.3, -0.25) is 4.79 Å². The Kier molecular flexibility index (Phi) is 4.86. The molecule has 0 spiro atoms. The van der Waals surface area contributed by atoms with E-state index in [0.29, 0.717) is 0 Å². The Hall–Kier alpha value is -0.570. The van der Waals surface area contributed by atoms with Gasteiger partial charge in [-0.05, 0) is 19.8 Å². The summed E-state index contributed by atoms with van der Waals surface area (Å²) in [6.45, 7) is 3.82. The lowest BCUT2D eigenvalue weighted by molar-refractivity contribution is -0.121. The Labute approximate surface area is 68.1 Å². The molecule has 3 heteroatoms. The number of primary amides is 1. The van der Waals surface area contributed by atoms with Crippen LogP contribution in [0.5, 0.6) is 0 Å². The smallest absolute Gasteiger partial charge is 0.220 e. The van der Waals surface area contributed by atoms with Gasteiger partial charge in [0.05, 0.1) is 0 Å². The molecule has 0 aromatic carbocycles. The summed E-state index contributed by atoms with van der Waals surface area (Å²) in [7, 11) is 0. The maximum atomic E-state index is 10.6. The van der Waals surface area contributed by atoms with Crippen molar-refractivity contribution in [1.29, 1.82) is 0 Å². The number of carbonyl (C=O) groups is 1. The van der Waals surface area contributed by atoms with Crippen LogP contribution >= 0.6 is 0 Å². The van der Waals surface area contributed by atoms with Gasteiger partial charge in [0.2, 0.25) is 5.91 Å². The summed E-state index contributed by atoms with van der Waals surface area (Å²) in [6.07, 6.45) is 2.82. The van der Waals surface area contributed by atoms with Crippen LogP contribution < -0.4 is 11.5 Å². The summed E-state index contributed by atoms with van der Waals surface area (Å²) >= 11 is 0. The molecule has 4 N–H and O–H groups in total. The summed E-state index contributed by atoms with van der Waals surface area (Å²) in [5, 5.41) is 0. The predicted octanol–water partition coefficient (Wildman–Crippen LogP) is 0.625. The Balaban J connectivity index is 3.31. The lowest BCUT2D eigenvalue weighted by atomic mass is 10.0. The fourth-order valence-electron chi connectivity index (χ4n) is 0.888. The number of nitrogens with two attached hydrogens (primary N) is 2. The highest BCUT2D eigenvalue weighted by Crippen LogP contribution is 2.07. The second-order valence-electron chi connectivity index (χ2n) is 3.21. The SMILES string of the molecule is CC(N)CCCC(C)C(N)=O. The molecule has 0 aromatic rings. The second-order valence-corrected chi connectivity index (χ2v) is 3.21. The van der Waals surface area contributed by atoms with E-state index >= 15 is 0 Å². The summed E-state index contributed by atoms with van der Waals surface area (Å²) in [4.78, 5) is 10.6. The highest BCUT2D eigenvalue weighted by Gasteiger charge is 2.07. The van der Waals surface area contributed by atoms with Gasteiger partial charge in [-0.1, -0.05) is 13.3 Å². The molecule has 0 saturated carbocycles. The fraction of sp³-hybridized carbons (Fsp3) is 0.875. The Morgan fingerprint density at radius 1 is 1.36 bits per heavy atom. The molecule has 0 bridgehead atoms. The first kappa shape index (κ1) is 10.4. The van der Waals surface area contributed by atoms with Crippen LogP contribution in [0.1, 0.15) is 33.1 Å². The number of amides is 1. The van der Waals surface area contributed by atoms with Crippen LogP contribution in [0.3, 0.4) is 0 Å². The van der Waals surface area contributed by atoms with Crippen LogP contribution in [-0.4, -0.2) is 11.9 Å². The molecule has 0 radical (unpaired) electrons. The van der Waals surface area contributed by atoms with Crippen molar-refractivity contribution in [2.45, 2.75) is 39.2 Å². The molecule has 3 nitrogen and oxygen atoms in total. The van der Waals surface area contributed by atoms with Gasteiger partial charge in [0.15, 0.2) is 0 Å². The molecular weight excluding hydrogens is 140 g/mol. The van der Waals surface area contributed by atoms with Gasteiger partial charge in [-0.15, -0.1) is 0 Å². The topological polar surface area (TPSA) is 69.1 Å². The molecule has 2 atom stereocenters. The standard InChI is InChI=1S/C8H18N2O/c1-6(8(10)11)4-3-5-7(2)9/h6-7H,3-5,9H2,1-2H3,(H2,10,11). The maximum Gasteiger partial charge on any atom is 0.220 e. The molecule has 11 heavy (non-hydrogen) atoms. The summed E-state index contributed by atoms with van der Waals surface area (Å²) in [5.41, 5.74) is 10.6. The number of carbonyl (C=O) groups excluding carboxylic acids is 1. The normalized spacial score (nSPS) is 15.9. The molecule has 0 fully saturated rings. The van der Waals surface area contributed by atoms with Crippen molar-refractivity contribution >= 4 is 5.91 Å². The van der Waals surface area contributed by atoms with E-state index in [2.05, 4.69) is 0 Å². The number of rotatable bonds is 5. The summed E-state index contributed by atoms with van der Waals surface area (Å²) in [6, 6.07) is 0.232. The molecule has 2 unspecified atom stereocenters. The highest BCUT2D eigenvalue weighted by atomic mass is 16.1. The van der Waals surface area contributed by atoms with E-state index < -0.39 is 0 Å².